The largest absolute Gasteiger partial charge is 0.458 e. The van der Waals surface area contributed by atoms with E-state index in [0.717, 1.165) is 0 Å². The summed E-state index contributed by atoms with van der Waals surface area (Å²) >= 11 is 5.99. The second kappa shape index (κ2) is 26.4. The summed E-state index contributed by atoms with van der Waals surface area (Å²) in [5, 5.41) is 65.9. The van der Waals surface area contributed by atoms with Crippen molar-refractivity contribution in [2.45, 2.75) is 146 Å². The number of nitrogens with zero attached hydrogens (tertiary/aromatic N) is 4. The summed E-state index contributed by atoms with van der Waals surface area (Å²) in [5.74, 6) is -10.0. The number of ether oxygens (including phenoxy) is 1. The molecule has 7 rings (SSSR count). The van der Waals surface area contributed by atoms with Crippen molar-refractivity contribution in [2.24, 2.45) is 23.7 Å². The van der Waals surface area contributed by atoms with Crippen LogP contribution in [0.25, 0.3) is 0 Å². The Balaban J connectivity index is 1.31. The molecule has 24 nitrogen and oxygen atoms in total. The maximum Gasteiger partial charge on any atom is 0.329 e. The third-order valence-corrected chi connectivity index (χ3v) is 15.8. The maximum atomic E-state index is 15.1. The monoisotopic (exact) mass is 1120 g/mol. The number of benzene rings is 2. The molecule has 25 heteroatoms. The van der Waals surface area contributed by atoms with Crippen molar-refractivity contribution in [1.29, 1.82) is 0 Å². The number of esters is 1. The fraction of sp³-hybridized carbons (Fsp3) is 0.519. The van der Waals surface area contributed by atoms with Crippen molar-refractivity contribution < 1.29 is 69.1 Å². The molecule has 15 atom stereocenters. The Hall–Kier alpha value is -6.93. The van der Waals surface area contributed by atoms with Crippen LogP contribution < -0.4 is 31.9 Å². The molecule has 0 spiro atoms. The quantitative estimate of drug-likeness (QED) is 0.0400. The molecule has 4 fully saturated rings. The molecule has 0 bridgehead atoms. The van der Waals surface area contributed by atoms with Crippen LogP contribution in [0.15, 0.2) is 84.9 Å². The van der Waals surface area contributed by atoms with Gasteiger partial charge in [-0.05, 0) is 92.9 Å². The first kappa shape index (κ1) is 59.7. The number of hydroxylamine groups is 4. The van der Waals surface area contributed by atoms with E-state index < -0.39 is 131 Å². The molecule has 3 aromatic rings. The van der Waals surface area contributed by atoms with E-state index in [0.29, 0.717) is 22.3 Å². The first-order chi connectivity index (χ1) is 37.6. The van der Waals surface area contributed by atoms with Crippen molar-refractivity contribution in [3.8, 4) is 0 Å². The summed E-state index contributed by atoms with van der Waals surface area (Å²) in [4.78, 5) is 119. The van der Waals surface area contributed by atoms with Gasteiger partial charge in [-0.3, -0.25) is 54.4 Å². The fourth-order valence-corrected chi connectivity index (χ4v) is 10.6. The smallest absolute Gasteiger partial charge is 0.329 e. The minimum absolute atomic E-state index is 0.0182. The average Bonchev–Trinajstić information content (AvgIpc) is 4.39. The van der Waals surface area contributed by atoms with Crippen LogP contribution in [0.5, 0.6) is 0 Å². The number of amides is 7. The third kappa shape index (κ3) is 14.9. The van der Waals surface area contributed by atoms with E-state index in [2.05, 4.69) is 31.9 Å². The maximum absolute atomic E-state index is 15.1. The summed E-state index contributed by atoms with van der Waals surface area (Å²) in [5.41, 5.74) is 0.798. The highest BCUT2D eigenvalue weighted by atomic mass is 35.5. The lowest BCUT2D eigenvalue weighted by Gasteiger charge is -2.34. The number of nitrogens with one attached hydrogen (secondary N) is 6. The van der Waals surface area contributed by atoms with Crippen LogP contribution in [0.1, 0.15) is 101 Å². The lowest BCUT2D eigenvalue weighted by atomic mass is 9.91. The predicted octanol–water partition coefficient (Wildman–Crippen LogP) is 2.45. The zero-order valence-corrected chi connectivity index (χ0v) is 45.2. The van der Waals surface area contributed by atoms with Crippen LogP contribution in [0.3, 0.4) is 0 Å². The minimum atomic E-state index is -1.88. The van der Waals surface area contributed by atoms with Gasteiger partial charge in [-0.25, -0.2) is 4.79 Å². The van der Waals surface area contributed by atoms with E-state index in [1.54, 1.807) is 87.5 Å². The number of rotatable bonds is 17. The van der Waals surface area contributed by atoms with Crippen molar-refractivity contribution in [3.63, 3.8) is 0 Å². The van der Waals surface area contributed by atoms with Gasteiger partial charge in [0, 0.05) is 18.9 Å². The Morgan fingerprint density at radius 1 is 0.797 bits per heavy atom. The molecule has 11 N–H and O–H groups in total. The van der Waals surface area contributed by atoms with Gasteiger partial charge in [0.25, 0.3) is 5.91 Å². The topological polar surface area (TPSA) is 334 Å². The molecule has 7 amide bonds. The van der Waals surface area contributed by atoms with Gasteiger partial charge in [-0.15, -0.1) is 0 Å². The van der Waals surface area contributed by atoms with Crippen LogP contribution in [-0.4, -0.2) is 160 Å². The van der Waals surface area contributed by atoms with Crippen molar-refractivity contribution in [1.82, 2.24) is 52.0 Å². The number of halogens is 1. The van der Waals surface area contributed by atoms with E-state index in [-0.39, 0.29) is 72.3 Å². The van der Waals surface area contributed by atoms with Gasteiger partial charge in [0.05, 0.1) is 12.1 Å². The van der Waals surface area contributed by atoms with Crippen LogP contribution in [0.2, 0.25) is 5.15 Å². The van der Waals surface area contributed by atoms with Gasteiger partial charge in [0.2, 0.25) is 35.4 Å². The van der Waals surface area contributed by atoms with Gasteiger partial charge >= 0.3 is 5.97 Å². The number of cyclic esters (lactones) is 1. The highest BCUT2D eigenvalue weighted by molar-refractivity contribution is 6.30. The SMILES string of the molecule is C/C=C\[C@H]1C[C@H]2C(=O)O[C@H](C)[C@@H](NC(=O)[C@H](C[C@H]3C[C@@H]3N(O)O)NC(=O)c3ccc(Cl)n3O)C(=O)N[C@@H](Cc3ccccc3)C(=O)N[C@H](C[C@@H]3C[C@H]3N(O)O)C(=O)N[C@@H]([C@H](C)c3ccccc3)C(=O)N[C@@H]([C@@H](C)CC)C(=O)N2C1. The summed E-state index contributed by atoms with van der Waals surface area (Å²) in [6.07, 6.45) is 2.20. The number of allylic oxidation sites excluding steroid dienone is 1. The zero-order valence-electron chi connectivity index (χ0n) is 44.5. The van der Waals surface area contributed by atoms with Crippen molar-refractivity contribution >= 4 is 58.9 Å². The molecule has 1 aromatic heterocycles. The summed E-state index contributed by atoms with van der Waals surface area (Å²) < 4.78 is 6.46. The van der Waals surface area contributed by atoms with Gasteiger partial charge < -0.3 is 46.7 Å². The Kier molecular flexibility index (Phi) is 19.9. The number of carbonyl (C=O) groups is 8. The number of aromatic nitrogens is 1. The van der Waals surface area contributed by atoms with E-state index in [9.17, 15) is 54.8 Å². The molecule has 2 saturated heterocycles. The Morgan fingerprint density at radius 3 is 2.00 bits per heavy atom. The molecule has 0 unspecified atom stereocenters. The van der Waals surface area contributed by atoms with Crippen molar-refractivity contribution in [3.05, 3.63) is 107 Å². The lowest BCUT2D eigenvalue weighted by molar-refractivity contribution is -0.316. The molecular weight excluding hydrogens is 1050 g/mol. The Labute approximate surface area is 461 Å². The van der Waals surface area contributed by atoms with Crippen LogP contribution >= 0.6 is 11.6 Å². The van der Waals surface area contributed by atoms with E-state index in [1.165, 1.54) is 24.0 Å². The van der Waals surface area contributed by atoms with Crippen LogP contribution in [0.4, 0.5) is 0 Å². The lowest BCUT2D eigenvalue weighted by Crippen LogP contribution is -2.62. The third-order valence-electron chi connectivity index (χ3n) is 15.5. The first-order valence-electron chi connectivity index (χ1n) is 26.6. The predicted molar refractivity (Wildman–Crippen MR) is 280 cm³/mol. The van der Waals surface area contributed by atoms with Crippen molar-refractivity contribution in [2.75, 3.05) is 6.54 Å². The second-order valence-corrected chi connectivity index (χ2v) is 21.5. The Morgan fingerprint density at radius 2 is 1.41 bits per heavy atom. The highest BCUT2D eigenvalue weighted by Gasteiger charge is 2.49. The highest BCUT2D eigenvalue weighted by Crippen LogP contribution is 2.39. The minimum Gasteiger partial charge on any atom is -0.458 e. The standard InChI is InChI=1S/C54H71ClN10O14/c1-6-14-32-22-42-54(73)79-30(5)46(61-49(68)38(24-35-26-41(35)65(77)78)57-50(69)39-19-20-43(55)63(39)74)52(71)58-36(21-31-15-10-8-11-16-31)47(66)56-37(23-34-25-40(34)64(75)76)48(67)60-45(29(4)33-17-12-9-13-18-33)51(70)59-44(28(3)7-2)53(72)62(42)27-32/h6,8-20,28-30,32,34-38,40-42,44-46,74-78H,7,21-27H2,1-5H3,(H,56,66)(H,57,69)(H,58,71)(H,59,70)(H,60,67)(H,61,68)/b14-6-/t28-,29+,30+,32-,34+,35-,36-,37+,38-,40+,41-,42-,44-,45-,46+/m0/s1. The van der Waals surface area contributed by atoms with E-state index >= 15 is 9.59 Å². The second-order valence-electron chi connectivity index (χ2n) is 21.1. The molecule has 2 saturated carbocycles. The number of carbonyl (C=O) groups excluding carboxylic acids is 8. The van der Waals surface area contributed by atoms with Crippen LogP contribution in [-0.2, 0) is 44.7 Å². The molecule has 79 heavy (non-hydrogen) atoms. The molecule has 2 aliphatic heterocycles. The summed E-state index contributed by atoms with van der Waals surface area (Å²) in [6, 6.07) is 7.67. The number of hydrogen-bond acceptors (Lipinski definition) is 16. The van der Waals surface area contributed by atoms with Gasteiger partial charge in [-0.2, -0.15) is 4.73 Å². The average molecular weight is 1120 g/mol. The number of fused-ring (bicyclic) bond motifs is 1. The Bertz CT molecular complexity index is 2710. The van der Waals surface area contributed by atoms with Crippen LogP contribution in [0, 0.1) is 23.7 Å². The fourth-order valence-electron chi connectivity index (χ4n) is 10.5. The molecule has 4 aliphatic rings. The molecule has 0 radical (unpaired) electrons. The summed E-state index contributed by atoms with van der Waals surface area (Å²) in [6.45, 7) is 8.38. The molecular formula is C54H71ClN10O14. The normalized spacial score (nSPS) is 29.2. The molecule has 3 heterocycles. The number of hydrogen-bond donors (Lipinski definition) is 11. The molecule has 2 aliphatic carbocycles. The molecule has 2 aromatic carbocycles. The van der Waals surface area contributed by atoms with Gasteiger partial charge in [0.15, 0.2) is 0 Å². The molecule has 428 valence electrons. The first-order valence-corrected chi connectivity index (χ1v) is 26.9. The van der Waals surface area contributed by atoms with E-state index in [1.807, 2.05) is 13.0 Å². The summed E-state index contributed by atoms with van der Waals surface area (Å²) in [7, 11) is 0. The zero-order chi connectivity index (χ0) is 57.4. The van der Waals surface area contributed by atoms with E-state index in [4.69, 9.17) is 16.3 Å². The van der Waals surface area contributed by atoms with Gasteiger partial charge in [0.1, 0.15) is 59.2 Å². The van der Waals surface area contributed by atoms with Gasteiger partial charge in [-0.1, -0.05) is 122 Å².